The van der Waals surface area contributed by atoms with Crippen LogP contribution in [0.4, 0.5) is 0 Å². The smallest absolute Gasteiger partial charge is 0.257 e. The van der Waals surface area contributed by atoms with Crippen LogP contribution in [0, 0.1) is 0 Å². The van der Waals surface area contributed by atoms with E-state index in [2.05, 4.69) is 17.6 Å². The second kappa shape index (κ2) is 9.20. The minimum absolute atomic E-state index is 0.00393. The predicted octanol–water partition coefficient (Wildman–Crippen LogP) is 1.71. The lowest BCUT2D eigenvalue weighted by Crippen LogP contribution is -2.28. The van der Waals surface area contributed by atoms with Crippen molar-refractivity contribution in [1.82, 2.24) is 10.6 Å². The molecule has 0 saturated heterocycles. The number of carbonyl (C=O) groups excluding carboxylic acids is 1. The Morgan fingerprint density at radius 1 is 1.25 bits per heavy atom. The lowest BCUT2D eigenvalue weighted by molar-refractivity contribution is -0.123. The Bertz CT molecular complexity index is 422. The van der Waals surface area contributed by atoms with Gasteiger partial charge in [-0.15, -0.1) is 0 Å². The molecule has 5 heteroatoms. The molecule has 1 rings (SSSR count). The first-order chi connectivity index (χ1) is 9.71. The number of hydrogen-bond acceptors (Lipinski definition) is 4. The summed E-state index contributed by atoms with van der Waals surface area (Å²) < 4.78 is 10.8. The van der Waals surface area contributed by atoms with E-state index in [0.29, 0.717) is 18.0 Å². The van der Waals surface area contributed by atoms with E-state index in [9.17, 15) is 4.79 Å². The average molecular weight is 280 g/mol. The number of hydrogen-bond donors (Lipinski definition) is 2. The van der Waals surface area contributed by atoms with Gasteiger partial charge in [0, 0.05) is 13.1 Å². The monoisotopic (exact) mass is 280 g/mol. The standard InChI is InChI=1S/C15H24N2O3/c1-4-8-16-10-12-6-7-13(19-3)14(9-12)20-11-15(18)17-5-2/h6-7,9,16H,4-5,8,10-11H2,1-3H3,(H,17,18). The van der Waals surface area contributed by atoms with Gasteiger partial charge in [0.2, 0.25) is 0 Å². The zero-order chi connectivity index (χ0) is 14.8. The number of nitrogens with one attached hydrogen (secondary N) is 2. The van der Waals surface area contributed by atoms with Crippen LogP contribution in [0.25, 0.3) is 0 Å². The number of amides is 1. The Hall–Kier alpha value is -1.75. The molecule has 0 saturated carbocycles. The van der Waals surface area contributed by atoms with E-state index in [-0.39, 0.29) is 12.5 Å². The molecule has 0 bridgehead atoms. The zero-order valence-corrected chi connectivity index (χ0v) is 12.5. The molecule has 0 radical (unpaired) electrons. The van der Waals surface area contributed by atoms with Crippen LogP contribution in [0.1, 0.15) is 25.8 Å². The number of ether oxygens (including phenoxy) is 2. The average Bonchev–Trinajstić information content (AvgIpc) is 2.46. The van der Waals surface area contributed by atoms with E-state index in [0.717, 1.165) is 25.1 Å². The van der Waals surface area contributed by atoms with Crippen LogP contribution in [-0.4, -0.2) is 32.7 Å². The minimum atomic E-state index is -0.135. The molecule has 0 fully saturated rings. The Labute approximate surface area is 120 Å². The van der Waals surface area contributed by atoms with E-state index in [4.69, 9.17) is 9.47 Å². The molecule has 2 N–H and O–H groups in total. The number of rotatable bonds is 9. The Balaban J connectivity index is 2.65. The van der Waals surface area contributed by atoms with Gasteiger partial charge in [0.1, 0.15) is 0 Å². The fraction of sp³-hybridized carbons (Fsp3) is 0.533. The zero-order valence-electron chi connectivity index (χ0n) is 12.5. The molecule has 1 aromatic carbocycles. The number of likely N-dealkylation sites (N-methyl/N-ethyl adjacent to an activating group) is 1. The third-order valence-corrected chi connectivity index (χ3v) is 2.72. The third kappa shape index (κ3) is 5.48. The molecule has 0 aliphatic carbocycles. The summed E-state index contributed by atoms with van der Waals surface area (Å²) in [6, 6.07) is 5.75. The van der Waals surface area contributed by atoms with Crippen molar-refractivity contribution in [1.29, 1.82) is 0 Å². The summed E-state index contributed by atoms with van der Waals surface area (Å²) in [6.07, 6.45) is 1.09. The summed E-state index contributed by atoms with van der Waals surface area (Å²) in [7, 11) is 1.59. The molecule has 20 heavy (non-hydrogen) atoms. The van der Waals surface area contributed by atoms with Crippen molar-refractivity contribution in [3.8, 4) is 11.5 Å². The van der Waals surface area contributed by atoms with Crippen LogP contribution in [0.3, 0.4) is 0 Å². The normalized spacial score (nSPS) is 10.2. The quantitative estimate of drug-likeness (QED) is 0.676. The van der Waals surface area contributed by atoms with Crippen molar-refractivity contribution < 1.29 is 14.3 Å². The molecule has 0 spiro atoms. The third-order valence-electron chi connectivity index (χ3n) is 2.72. The summed E-state index contributed by atoms with van der Waals surface area (Å²) in [5.41, 5.74) is 1.10. The first-order valence-electron chi connectivity index (χ1n) is 6.98. The van der Waals surface area contributed by atoms with Crippen molar-refractivity contribution in [3.05, 3.63) is 23.8 Å². The second-order valence-electron chi connectivity index (χ2n) is 4.40. The maximum absolute atomic E-state index is 11.4. The van der Waals surface area contributed by atoms with Gasteiger partial charge in [0.25, 0.3) is 5.91 Å². The van der Waals surface area contributed by atoms with Crippen LogP contribution < -0.4 is 20.1 Å². The van der Waals surface area contributed by atoms with Crippen LogP contribution in [0.5, 0.6) is 11.5 Å². The first kappa shape index (κ1) is 16.3. The van der Waals surface area contributed by atoms with E-state index in [1.54, 1.807) is 7.11 Å². The van der Waals surface area contributed by atoms with Gasteiger partial charge in [-0.05, 0) is 37.6 Å². The first-order valence-corrected chi connectivity index (χ1v) is 6.98. The van der Waals surface area contributed by atoms with Crippen LogP contribution in [0.15, 0.2) is 18.2 Å². The highest BCUT2D eigenvalue weighted by Crippen LogP contribution is 2.27. The minimum Gasteiger partial charge on any atom is -0.493 e. The molecular formula is C15H24N2O3. The van der Waals surface area contributed by atoms with Gasteiger partial charge in [-0.25, -0.2) is 0 Å². The summed E-state index contributed by atoms with van der Waals surface area (Å²) in [4.78, 5) is 11.4. The Kier molecular flexibility index (Phi) is 7.50. The number of methoxy groups -OCH3 is 1. The van der Waals surface area contributed by atoms with Gasteiger partial charge in [0.15, 0.2) is 18.1 Å². The van der Waals surface area contributed by atoms with Gasteiger partial charge < -0.3 is 20.1 Å². The molecule has 5 nitrogen and oxygen atoms in total. The molecule has 0 unspecified atom stereocenters. The van der Waals surface area contributed by atoms with Crippen LogP contribution in [0.2, 0.25) is 0 Å². The Morgan fingerprint density at radius 3 is 2.70 bits per heavy atom. The van der Waals surface area contributed by atoms with Crippen molar-refractivity contribution in [3.63, 3.8) is 0 Å². The van der Waals surface area contributed by atoms with Gasteiger partial charge in [-0.3, -0.25) is 4.79 Å². The summed E-state index contributed by atoms with van der Waals surface area (Å²) in [5.74, 6) is 1.09. The Morgan fingerprint density at radius 2 is 2.05 bits per heavy atom. The number of carbonyl (C=O) groups is 1. The summed E-state index contributed by atoms with van der Waals surface area (Å²) >= 11 is 0. The number of benzene rings is 1. The van der Waals surface area contributed by atoms with Crippen molar-refractivity contribution in [2.24, 2.45) is 0 Å². The molecule has 0 atom stereocenters. The van der Waals surface area contributed by atoms with Crippen molar-refractivity contribution >= 4 is 5.91 Å². The fourth-order valence-electron chi connectivity index (χ4n) is 1.74. The molecule has 1 amide bonds. The molecule has 0 aromatic heterocycles. The maximum Gasteiger partial charge on any atom is 0.257 e. The molecular weight excluding hydrogens is 256 g/mol. The van der Waals surface area contributed by atoms with E-state index in [1.807, 2.05) is 25.1 Å². The maximum atomic E-state index is 11.4. The topological polar surface area (TPSA) is 59.6 Å². The SMILES string of the molecule is CCCNCc1ccc(OC)c(OCC(=O)NCC)c1. The molecule has 0 heterocycles. The predicted molar refractivity (Wildman–Crippen MR) is 79.2 cm³/mol. The van der Waals surface area contributed by atoms with Crippen LogP contribution >= 0.6 is 0 Å². The largest absolute Gasteiger partial charge is 0.493 e. The molecule has 1 aromatic rings. The molecule has 112 valence electrons. The van der Waals surface area contributed by atoms with Gasteiger partial charge in [-0.2, -0.15) is 0 Å². The van der Waals surface area contributed by atoms with Crippen molar-refractivity contribution in [2.75, 3.05) is 26.8 Å². The van der Waals surface area contributed by atoms with Gasteiger partial charge in [-0.1, -0.05) is 13.0 Å². The van der Waals surface area contributed by atoms with Gasteiger partial charge in [0.05, 0.1) is 7.11 Å². The van der Waals surface area contributed by atoms with E-state index < -0.39 is 0 Å². The summed E-state index contributed by atoms with van der Waals surface area (Å²) in [6.45, 7) is 6.34. The lowest BCUT2D eigenvalue weighted by Gasteiger charge is -2.12. The second-order valence-corrected chi connectivity index (χ2v) is 4.40. The van der Waals surface area contributed by atoms with E-state index in [1.165, 1.54) is 0 Å². The van der Waals surface area contributed by atoms with Gasteiger partial charge >= 0.3 is 0 Å². The van der Waals surface area contributed by atoms with Crippen LogP contribution in [-0.2, 0) is 11.3 Å². The van der Waals surface area contributed by atoms with Crippen molar-refractivity contribution in [2.45, 2.75) is 26.8 Å². The summed E-state index contributed by atoms with van der Waals surface area (Å²) in [5, 5.41) is 6.02. The lowest BCUT2D eigenvalue weighted by atomic mass is 10.2. The molecule has 0 aliphatic heterocycles. The highest BCUT2D eigenvalue weighted by molar-refractivity contribution is 5.77. The fourth-order valence-corrected chi connectivity index (χ4v) is 1.74. The van der Waals surface area contributed by atoms with E-state index >= 15 is 0 Å². The highest BCUT2D eigenvalue weighted by Gasteiger charge is 2.08. The highest BCUT2D eigenvalue weighted by atomic mass is 16.5. The molecule has 0 aliphatic rings.